The first-order valence-corrected chi connectivity index (χ1v) is 6.59. The molecular formula is C12H16FIN2. The summed E-state index contributed by atoms with van der Waals surface area (Å²) in [6, 6.07) is 8.09. The van der Waals surface area contributed by atoms with Crippen LogP contribution in [0.2, 0.25) is 0 Å². The number of halogens is 2. The van der Waals surface area contributed by atoms with Crippen molar-refractivity contribution in [1.82, 2.24) is 4.90 Å². The minimum Gasteiger partial charge on any atom is -0.325 e. The fourth-order valence-electron chi connectivity index (χ4n) is 1.98. The van der Waals surface area contributed by atoms with Crippen LogP contribution in [0.1, 0.15) is 12.0 Å². The Hall–Kier alpha value is -0.200. The Bertz CT molecular complexity index is 341. The second kappa shape index (κ2) is 5.42. The molecule has 2 rings (SSSR count). The lowest BCUT2D eigenvalue weighted by Gasteiger charge is -2.32. The molecule has 0 unspecified atom stereocenters. The van der Waals surface area contributed by atoms with Crippen LogP contribution in [0.4, 0.5) is 4.39 Å². The maximum absolute atomic E-state index is 13.4. The first-order chi connectivity index (χ1) is 7.65. The van der Waals surface area contributed by atoms with Crippen molar-refractivity contribution in [3.63, 3.8) is 0 Å². The predicted octanol–water partition coefficient (Wildman–Crippen LogP) is 2.16. The summed E-state index contributed by atoms with van der Waals surface area (Å²) >= 11 is 2.28. The van der Waals surface area contributed by atoms with Gasteiger partial charge in [0.25, 0.3) is 0 Å². The molecule has 2 nitrogen and oxygen atoms in total. The number of piperidine rings is 1. The van der Waals surface area contributed by atoms with Crippen molar-refractivity contribution in [2.45, 2.75) is 25.2 Å². The van der Waals surface area contributed by atoms with Crippen LogP contribution in [0.25, 0.3) is 0 Å². The van der Waals surface area contributed by atoms with Gasteiger partial charge in [-0.15, -0.1) is 0 Å². The van der Waals surface area contributed by atoms with Crippen LogP contribution in [0.15, 0.2) is 24.3 Å². The van der Waals surface area contributed by atoms with Crippen molar-refractivity contribution in [3.8, 4) is 0 Å². The number of hydrogen-bond donors (Lipinski definition) is 1. The van der Waals surface area contributed by atoms with E-state index < -0.39 is 6.17 Å². The third-order valence-corrected chi connectivity index (χ3v) is 3.71. The van der Waals surface area contributed by atoms with Crippen LogP contribution < -0.4 is 5.73 Å². The number of hydrogen-bond acceptors (Lipinski definition) is 2. The summed E-state index contributed by atoms with van der Waals surface area (Å²) in [5.41, 5.74) is 6.89. The molecule has 0 aliphatic carbocycles. The molecule has 2 atom stereocenters. The highest BCUT2D eigenvalue weighted by Gasteiger charge is 2.25. The molecule has 0 aromatic heterocycles. The number of likely N-dealkylation sites (tertiary alicyclic amines) is 1. The van der Waals surface area contributed by atoms with Crippen LogP contribution in [0.5, 0.6) is 0 Å². The van der Waals surface area contributed by atoms with Gasteiger partial charge in [0.15, 0.2) is 0 Å². The molecule has 1 aromatic rings. The number of benzene rings is 1. The molecule has 1 aliphatic heterocycles. The van der Waals surface area contributed by atoms with E-state index in [1.165, 1.54) is 9.13 Å². The second-order valence-electron chi connectivity index (χ2n) is 4.33. The van der Waals surface area contributed by atoms with Crippen LogP contribution in [0.3, 0.4) is 0 Å². The maximum Gasteiger partial charge on any atom is 0.128 e. The highest BCUT2D eigenvalue weighted by molar-refractivity contribution is 14.1. The first-order valence-electron chi connectivity index (χ1n) is 5.51. The Kier molecular flexibility index (Phi) is 4.16. The van der Waals surface area contributed by atoms with Gasteiger partial charge in [0.2, 0.25) is 0 Å². The van der Waals surface area contributed by atoms with E-state index in [9.17, 15) is 4.39 Å². The highest BCUT2D eigenvalue weighted by atomic mass is 127. The molecule has 1 fully saturated rings. The van der Waals surface area contributed by atoms with Crippen molar-refractivity contribution < 1.29 is 4.39 Å². The summed E-state index contributed by atoms with van der Waals surface area (Å²) in [6.07, 6.45) is -0.122. The van der Waals surface area contributed by atoms with E-state index in [-0.39, 0.29) is 6.04 Å². The summed E-state index contributed by atoms with van der Waals surface area (Å²) in [4.78, 5) is 2.14. The van der Waals surface area contributed by atoms with E-state index in [1.807, 2.05) is 0 Å². The molecular weight excluding hydrogens is 318 g/mol. The summed E-state index contributed by atoms with van der Waals surface area (Å²) in [6.45, 7) is 2.19. The minimum atomic E-state index is -0.877. The van der Waals surface area contributed by atoms with Crippen LogP contribution >= 0.6 is 22.6 Å². The zero-order valence-electron chi connectivity index (χ0n) is 9.07. The van der Waals surface area contributed by atoms with Crippen LogP contribution in [0, 0.1) is 3.57 Å². The van der Waals surface area contributed by atoms with E-state index in [4.69, 9.17) is 5.73 Å². The van der Waals surface area contributed by atoms with E-state index in [2.05, 4.69) is 51.8 Å². The van der Waals surface area contributed by atoms with Gasteiger partial charge >= 0.3 is 0 Å². The lowest BCUT2D eigenvalue weighted by Crippen LogP contribution is -2.48. The quantitative estimate of drug-likeness (QED) is 0.840. The van der Waals surface area contributed by atoms with Gasteiger partial charge in [-0.1, -0.05) is 12.1 Å². The fraction of sp³-hybridized carbons (Fsp3) is 0.500. The zero-order chi connectivity index (χ0) is 11.5. The molecule has 1 heterocycles. The molecule has 0 radical (unpaired) electrons. The standard InChI is InChI=1S/C12H16FIN2/c13-11-8-16(6-5-12(11)15)7-9-1-3-10(14)4-2-9/h1-4,11-12H,5-8,15H2/t11-,12-/m0/s1. The number of alkyl halides is 1. The smallest absolute Gasteiger partial charge is 0.128 e. The van der Waals surface area contributed by atoms with E-state index >= 15 is 0 Å². The summed E-state index contributed by atoms with van der Waals surface area (Å²) in [5, 5.41) is 0. The average Bonchev–Trinajstić information content (AvgIpc) is 2.27. The van der Waals surface area contributed by atoms with E-state index in [1.54, 1.807) is 0 Å². The Balaban J connectivity index is 1.93. The van der Waals surface area contributed by atoms with Crippen LogP contribution in [-0.4, -0.2) is 30.2 Å². The molecule has 2 N–H and O–H groups in total. The Morgan fingerprint density at radius 2 is 2.06 bits per heavy atom. The predicted molar refractivity (Wildman–Crippen MR) is 71.9 cm³/mol. The van der Waals surface area contributed by atoms with Gasteiger partial charge in [0.1, 0.15) is 6.17 Å². The van der Waals surface area contributed by atoms with Gasteiger partial charge in [-0.3, -0.25) is 4.90 Å². The van der Waals surface area contributed by atoms with Gasteiger partial charge in [-0.25, -0.2) is 4.39 Å². The number of nitrogens with zero attached hydrogens (tertiary/aromatic N) is 1. The average molecular weight is 334 g/mol. The number of nitrogens with two attached hydrogens (primary N) is 1. The van der Waals surface area contributed by atoms with Crippen molar-refractivity contribution >= 4 is 22.6 Å². The zero-order valence-corrected chi connectivity index (χ0v) is 11.2. The molecule has 0 bridgehead atoms. The van der Waals surface area contributed by atoms with Gasteiger partial charge in [-0.2, -0.15) is 0 Å². The van der Waals surface area contributed by atoms with E-state index in [0.717, 1.165) is 19.5 Å². The first kappa shape index (κ1) is 12.3. The van der Waals surface area contributed by atoms with E-state index in [0.29, 0.717) is 6.54 Å². The fourth-order valence-corrected chi connectivity index (χ4v) is 2.34. The Morgan fingerprint density at radius 1 is 1.38 bits per heavy atom. The Morgan fingerprint density at radius 3 is 2.69 bits per heavy atom. The lowest BCUT2D eigenvalue weighted by atomic mass is 10.0. The Labute approximate surface area is 109 Å². The summed E-state index contributed by atoms with van der Waals surface area (Å²) < 4.78 is 14.7. The summed E-state index contributed by atoms with van der Waals surface area (Å²) in [7, 11) is 0. The summed E-state index contributed by atoms with van der Waals surface area (Å²) in [5.74, 6) is 0. The van der Waals surface area contributed by atoms with Gasteiger partial charge < -0.3 is 5.73 Å². The molecule has 0 amide bonds. The molecule has 0 saturated carbocycles. The third kappa shape index (κ3) is 3.15. The molecule has 1 saturated heterocycles. The maximum atomic E-state index is 13.4. The molecule has 1 aromatic carbocycles. The minimum absolute atomic E-state index is 0.270. The number of rotatable bonds is 2. The second-order valence-corrected chi connectivity index (χ2v) is 5.58. The van der Waals surface area contributed by atoms with Crippen LogP contribution in [-0.2, 0) is 6.54 Å². The third-order valence-electron chi connectivity index (χ3n) is 3.00. The normalized spacial score (nSPS) is 26.9. The molecule has 88 valence electrons. The van der Waals surface area contributed by atoms with Gasteiger partial charge in [-0.05, 0) is 46.7 Å². The van der Waals surface area contributed by atoms with Crippen molar-refractivity contribution in [2.24, 2.45) is 5.73 Å². The lowest BCUT2D eigenvalue weighted by molar-refractivity contribution is 0.114. The molecule has 0 spiro atoms. The monoisotopic (exact) mass is 334 g/mol. The molecule has 4 heteroatoms. The highest BCUT2D eigenvalue weighted by Crippen LogP contribution is 2.16. The molecule has 16 heavy (non-hydrogen) atoms. The largest absolute Gasteiger partial charge is 0.325 e. The van der Waals surface area contributed by atoms with Gasteiger partial charge in [0, 0.05) is 29.2 Å². The van der Waals surface area contributed by atoms with Crippen molar-refractivity contribution in [1.29, 1.82) is 0 Å². The van der Waals surface area contributed by atoms with Crippen molar-refractivity contribution in [3.05, 3.63) is 33.4 Å². The van der Waals surface area contributed by atoms with Gasteiger partial charge in [0.05, 0.1) is 0 Å². The molecule has 1 aliphatic rings. The SMILES string of the molecule is N[C@H]1CCN(Cc2ccc(I)cc2)C[C@@H]1F. The van der Waals surface area contributed by atoms with Crippen molar-refractivity contribution in [2.75, 3.05) is 13.1 Å². The topological polar surface area (TPSA) is 29.3 Å².